The molecule has 18 heavy (non-hydrogen) atoms. The predicted octanol–water partition coefficient (Wildman–Crippen LogP) is 4.80. The molecule has 0 N–H and O–H groups in total. The van der Waals surface area contributed by atoms with Gasteiger partial charge in [0.25, 0.3) is 0 Å². The summed E-state index contributed by atoms with van der Waals surface area (Å²) in [6.07, 6.45) is 4.25. The third kappa shape index (κ3) is 2.13. The van der Waals surface area contributed by atoms with E-state index in [9.17, 15) is 0 Å². The fraction of sp³-hybridized carbons (Fsp3) is 0.308. The van der Waals surface area contributed by atoms with Crippen molar-refractivity contribution in [2.75, 3.05) is 0 Å². The molecule has 94 valence electrons. The second-order valence-electron chi connectivity index (χ2n) is 4.47. The Balaban J connectivity index is 2.10. The molecule has 1 aromatic carbocycles. The summed E-state index contributed by atoms with van der Waals surface area (Å²) in [6, 6.07) is 5.55. The highest BCUT2D eigenvalue weighted by Gasteiger charge is 2.30. The second-order valence-corrected chi connectivity index (χ2v) is 5.55. The van der Waals surface area contributed by atoms with E-state index < -0.39 is 0 Å². The van der Waals surface area contributed by atoms with Gasteiger partial charge in [0.05, 0.1) is 33.5 Å². The average molecular weight is 302 g/mol. The molecule has 5 heteroatoms. The lowest BCUT2D eigenvalue weighted by Gasteiger charge is -2.09. The van der Waals surface area contributed by atoms with Crippen LogP contribution in [0.1, 0.15) is 30.0 Å². The van der Waals surface area contributed by atoms with Crippen molar-refractivity contribution in [3.63, 3.8) is 0 Å². The number of nitrogens with zero attached hydrogens (tertiary/aromatic N) is 2. The Morgan fingerprint density at radius 1 is 1.22 bits per heavy atom. The van der Waals surface area contributed by atoms with E-state index in [-0.39, 0.29) is 0 Å². The maximum atomic E-state index is 6.05. The average Bonchev–Trinajstić information content (AvgIpc) is 3.12. The molecule has 1 heterocycles. The molecule has 1 aliphatic rings. The van der Waals surface area contributed by atoms with Gasteiger partial charge in [0, 0.05) is 11.5 Å². The SMILES string of the molecule is ClCc1cnn(-c2ccc(Cl)c(Cl)c2)c1C1CC1. The fourth-order valence-corrected chi connectivity index (χ4v) is 2.61. The van der Waals surface area contributed by atoms with Gasteiger partial charge in [-0.3, -0.25) is 0 Å². The lowest BCUT2D eigenvalue weighted by Crippen LogP contribution is -2.02. The van der Waals surface area contributed by atoms with Crippen molar-refractivity contribution in [3.8, 4) is 5.69 Å². The van der Waals surface area contributed by atoms with E-state index in [2.05, 4.69) is 5.10 Å². The van der Waals surface area contributed by atoms with E-state index in [1.807, 2.05) is 23.0 Å². The summed E-state index contributed by atoms with van der Waals surface area (Å²) in [7, 11) is 0. The second kappa shape index (κ2) is 4.76. The largest absolute Gasteiger partial charge is 0.237 e. The molecule has 2 aromatic rings. The van der Waals surface area contributed by atoms with Crippen molar-refractivity contribution in [1.82, 2.24) is 9.78 Å². The van der Waals surface area contributed by atoms with Gasteiger partial charge in [-0.05, 0) is 31.0 Å². The van der Waals surface area contributed by atoms with Crippen LogP contribution in [-0.4, -0.2) is 9.78 Å². The van der Waals surface area contributed by atoms with Crippen molar-refractivity contribution in [3.05, 3.63) is 45.7 Å². The Morgan fingerprint density at radius 2 is 2.00 bits per heavy atom. The summed E-state index contributed by atoms with van der Waals surface area (Å²) in [5, 5.41) is 5.51. The van der Waals surface area contributed by atoms with Gasteiger partial charge in [0.15, 0.2) is 0 Å². The van der Waals surface area contributed by atoms with E-state index in [0.717, 1.165) is 11.3 Å². The van der Waals surface area contributed by atoms with E-state index in [1.165, 1.54) is 18.5 Å². The molecule has 1 saturated carbocycles. The monoisotopic (exact) mass is 300 g/mol. The summed E-state index contributed by atoms with van der Waals surface area (Å²) in [4.78, 5) is 0. The quantitative estimate of drug-likeness (QED) is 0.745. The van der Waals surface area contributed by atoms with Crippen LogP contribution < -0.4 is 0 Å². The molecule has 0 spiro atoms. The van der Waals surface area contributed by atoms with Gasteiger partial charge >= 0.3 is 0 Å². The zero-order valence-corrected chi connectivity index (χ0v) is 11.8. The first kappa shape index (κ1) is 12.3. The van der Waals surface area contributed by atoms with Crippen LogP contribution in [0.2, 0.25) is 10.0 Å². The van der Waals surface area contributed by atoms with E-state index >= 15 is 0 Å². The lowest BCUT2D eigenvalue weighted by atomic mass is 10.2. The number of hydrogen-bond donors (Lipinski definition) is 0. The molecule has 1 aromatic heterocycles. The van der Waals surface area contributed by atoms with Crippen LogP contribution in [-0.2, 0) is 5.88 Å². The maximum absolute atomic E-state index is 6.05. The van der Waals surface area contributed by atoms with Crippen LogP contribution >= 0.6 is 34.8 Å². The summed E-state index contributed by atoms with van der Waals surface area (Å²) >= 11 is 17.9. The molecule has 3 rings (SSSR count). The topological polar surface area (TPSA) is 17.8 Å². The van der Waals surface area contributed by atoms with Gasteiger partial charge in [0.2, 0.25) is 0 Å². The third-order valence-corrected chi connectivity index (χ3v) is 4.17. The van der Waals surface area contributed by atoms with E-state index in [1.54, 1.807) is 6.07 Å². The zero-order valence-electron chi connectivity index (χ0n) is 9.54. The molecule has 1 aliphatic carbocycles. The maximum Gasteiger partial charge on any atom is 0.0664 e. The van der Waals surface area contributed by atoms with Crippen molar-refractivity contribution in [2.24, 2.45) is 0 Å². The number of aromatic nitrogens is 2. The van der Waals surface area contributed by atoms with Crippen molar-refractivity contribution >= 4 is 34.8 Å². The number of benzene rings is 1. The highest BCUT2D eigenvalue weighted by molar-refractivity contribution is 6.42. The predicted molar refractivity (Wildman–Crippen MR) is 75.1 cm³/mol. The summed E-state index contributed by atoms with van der Waals surface area (Å²) in [5.74, 6) is 1.07. The van der Waals surface area contributed by atoms with E-state index in [0.29, 0.717) is 21.8 Å². The number of rotatable bonds is 3. The molecule has 0 atom stereocenters. The van der Waals surface area contributed by atoms with E-state index in [4.69, 9.17) is 34.8 Å². The molecule has 0 radical (unpaired) electrons. The molecule has 0 aliphatic heterocycles. The van der Waals surface area contributed by atoms with Crippen molar-refractivity contribution in [1.29, 1.82) is 0 Å². The van der Waals surface area contributed by atoms with Gasteiger partial charge in [0.1, 0.15) is 0 Å². The molecule has 1 fully saturated rings. The standard InChI is InChI=1S/C13H11Cl3N2/c14-6-9-7-17-18(13(9)8-1-2-8)10-3-4-11(15)12(16)5-10/h3-5,7-8H,1-2,6H2. The highest BCUT2D eigenvalue weighted by atomic mass is 35.5. The Kier molecular flexibility index (Phi) is 3.27. The Labute approximate surface area is 120 Å². The van der Waals surface area contributed by atoms with Crippen LogP contribution in [0.4, 0.5) is 0 Å². The van der Waals surface area contributed by atoms with Crippen molar-refractivity contribution in [2.45, 2.75) is 24.6 Å². The number of alkyl halides is 1. The first-order valence-electron chi connectivity index (χ1n) is 5.79. The number of halogens is 3. The molecule has 0 bridgehead atoms. The summed E-state index contributed by atoms with van der Waals surface area (Å²) in [5.41, 5.74) is 3.25. The third-order valence-electron chi connectivity index (χ3n) is 3.14. The summed E-state index contributed by atoms with van der Waals surface area (Å²) in [6.45, 7) is 0. The minimum Gasteiger partial charge on any atom is -0.237 e. The smallest absolute Gasteiger partial charge is 0.0664 e. The van der Waals surface area contributed by atoms with Gasteiger partial charge in [-0.2, -0.15) is 5.10 Å². The van der Waals surface area contributed by atoms with Gasteiger partial charge in [-0.25, -0.2) is 4.68 Å². The van der Waals surface area contributed by atoms with Gasteiger partial charge < -0.3 is 0 Å². The minimum atomic E-state index is 0.493. The molecule has 0 amide bonds. The Bertz CT molecular complexity index is 588. The summed E-state index contributed by atoms with van der Waals surface area (Å²) < 4.78 is 1.93. The van der Waals surface area contributed by atoms with Gasteiger partial charge in [-0.1, -0.05) is 23.2 Å². The normalized spacial score (nSPS) is 15.1. The molecular formula is C13H11Cl3N2. The first-order chi connectivity index (χ1) is 8.70. The van der Waals surface area contributed by atoms with Crippen LogP contribution in [0.25, 0.3) is 5.69 Å². The van der Waals surface area contributed by atoms with Crippen LogP contribution in [0.5, 0.6) is 0 Å². The number of hydrogen-bond acceptors (Lipinski definition) is 1. The molecule has 0 unspecified atom stereocenters. The van der Waals surface area contributed by atoms with Crippen LogP contribution in [0.15, 0.2) is 24.4 Å². The van der Waals surface area contributed by atoms with Crippen LogP contribution in [0, 0.1) is 0 Å². The van der Waals surface area contributed by atoms with Gasteiger partial charge in [-0.15, -0.1) is 11.6 Å². The first-order valence-corrected chi connectivity index (χ1v) is 7.08. The molecular weight excluding hydrogens is 291 g/mol. The fourth-order valence-electron chi connectivity index (χ4n) is 2.11. The van der Waals surface area contributed by atoms with Crippen molar-refractivity contribution < 1.29 is 0 Å². The Morgan fingerprint density at radius 3 is 2.61 bits per heavy atom. The highest BCUT2D eigenvalue weighted by Crippen LogP contribution is 2.43. The zero-order chi connectivity index (χ0) is 12.7. The Hall–Kier alpha value is -0.700. The minimum absolute atomic E-state index is 0.493. The molecule has 0 saturated heterocycles. The van der Waals surface area contributed by atoms with Crippen LogP contribution in [0.3, 0.4) is 0 Å². The lowest BCUT2D eigenvalue weighted by molar-refractivity contribution is 0.805. The molecule has 2 nitrogen and oxygen atoms in total.